The second kappa shape index (κ2) is 6.78. The average Bonchev–Trinajstić information content (AvgIpc) is 2.38. The largest absolute Gasteiger partial charge is 0.549 e. The molecule has 0 saturated carbocycles. The molecule has 0 spiro atoms. The van der Waals surface area contributed by atoms with Crippen LogP contribution in [0, 0.1) is 20.8 Å². The molecule has 0 radical (unpaired) electrons. The summed E-state index contributed by atoms with van der Waals surface area (Å²) in [5.74, 6) is 0. The first-order valence-electron chi connectivity index (χ1n) is 6.80. The zero-order valence-electron chi connectivity index (χ0n) is 12.2. The molecule has 0 aliphatic carbocycles. The molecule has 0 saturated heterocycles. The van der Waals surface area contributed by atoms with Crippen molar-refractivity contribution in [3.05, 3.63) is 64.7 Å². The van der Waals surface area contributed by atoms with E-state index in [1.165, 1.54) is 11.1 Å². The molecule has 2 rings (SSSR count). The summed E-state index contributed by atoms with van der Waals surface area (Å²) in [4.78, 5) is 0. The van der Waals surface area contributed by atoms with E-state index >= 15 is 0 Å². The summed E-state index contributed by atoms with van der Waals surface area (Å²) in [6, 6.07) is 14.2. The van der Waals surface area contributed by atoms with Crippen LogP contribution in [0.1, 0.15) is 22.3 Å². The number of hydrogen-bond acceptors (Lipinski definition) is 2. The normalized spacial score (nSPS) is 11.4. The van der Waals surface area contributed by atoms with Gasteiger partial charge in [0.05, 0.1) is 0 Å². The Kier molecular flexibility index (Phi) is 5.05. The molecular weight excluding hydrogens is 267 g/mol. The van der Waals surface area contributed by atoms with E-state index in [4.69, 9.17) is 4.52 Å². The van der Waals surface area contributed by atoms with Crippen molar-refractivity contribution < 1.29 is 9.09 Å². The van der Waals surface area contributed by atoms with Gasteiger partial charge in [-0.2, -0.15) is 0 Å². The second-order valence-corrected chi connectivity index (χ2v) is 6.29. The van der Waals surface area contributed by atoms with E-state index in [2.05, 4.69) is 24.3 Å². The van der Waals surface area contributed by atoms with Crippen molar-refractivity contribution in [2.45, 2.75) is 27.2 Å². The SMILES string of the molecule is Cc1cc(C)c([P+](=O)OCCc2ccccc2)c(C)c1. The van der Waals surface area contributed by atoms with Gasteiger partial charge in [-0.25, -0.2) is 0 Å². The Bertz CT molecular complexity index is 583. The highest BCUT2D eigenvalue weighted by molar-refractivity contribution is 7.48. The summed E-state index contributed by atoms with van der Waals surface area (Å²) >= 11 is 0. The minimum Gasteiger partial charge on any atom is -0.141 e. The lowest BCUT2D eigenvalue weighted by atomic mass is 10.1. The van der Waals surface area contributed by atoms with Gasteiger partial charge >= 0.3 is 8.03 Å². The fraction of sp³-hybridized carbons (Fsp3) is 0.294. The fourth-order valence-electron chi connectivity index (χ4n) is 2.42. The molecule has 0 aromatic heterocycles. The molecule has 1 unspecified atom stereocenters. The Morgan fingerprint density at radius 1 is 1.00 bits per heavy atom. The van der Waals surface area contributed by atoms with Gasteiger partial charge < -0.3 is 0 Å². The van der Waals surface area contributed by atoms with Crippen LogP contribution in [0.25, 0.3) is 0 Å². The van der Waals surface area contributed by atoms with E-state index in [1.807, 2.05) is 39.0 Å². The number of hydrogen-bond donors (Lipinski definition) is 0. The fourth-order valence-corrected chi connectivity index (χ4v) is 3.51. The minimum absolute atomic E-state index is 0.478. The third kappa shape index (κ3) is 3.75. The lowest BCUT2D eigenvalue weighted by Gasteiger charge is -2.02. The van der Waals surface area contributed by atoms with Crippen LogP contribution in [0.2, 0.25) is 0 Å². The maximum atomic E-state index is 12.3. The Morgan fingerprint density at radius 3 is 2.20 bits per heavy atom. The van der Waals surface area contributed by atoms with Crippen molar-refractivity contribution in [1.82, 2.24) is 0 Å². The Morgan fingerprint density at radius 2 is 1.60 bits per heavy atom. The summed E-state index contributed by atoms with van der Waals surface area (Å²) in [7, 11) is -1.78. The highest BCUT2D eigenvalue weighted by atomic mass is 31.1. The van der Waals surface area contributed by atoms with Gasteiger partial charge in [-0.15, -0.1) is 4.52 Å². The monoisotopic (exact) mass is 287 g/mol. The zero-order chi connectivity index (χ0) is 14.5. The van der Waals surface area contributed by atoms with E-state index in [-0.39, 0.29) is 0 Å². The van der Waals surface area contributed by atoms with E-state index in [1.54, 1.807) is 0 Å². The smallest absolute Gasteiger partial charge is 0.141 e. The molecule has 3 heteroatoms. The van der Waals surface area contributed by atoms with Crippen molar-refractivity contribution in [1.29, 1.82) is 0 Å². The summed E-state index contributed by atoms with van der Waals surface area (Å²) in [5, 5.41) is 0.846. The van der Waals surface area contributed by atoms with Crippen molar-refractivity contribution in [2.75, 3.05) is 6.61 Å². The number of aryl methyl sites for hydroxylation is 3. The molecule has 0 bridgehead atoms. The van der Waals surface area contributed by atoms with E-state index < -0.39 is 8.03 Å². The third-order valence-corrected chi connectivity index (χ3v) is 4.75. The average molecular weight is 287 g/mol. The zero-order valence-corrected chi connectivity index (χ0v) is 13.1. The lowest BCUT2D eigenvalue weighted by molar-refractivity contribution is 0.339. The summed E-state index contributed by atoms with van der Waals surface area (Å²) in [5.41, 5.74) is 4.48. The highest BCUT2D eigenvalue weighted by Gasteiger charge is 2.27. The van der Waals surface area contributed by atoms with Crippen molar-refractivity contribution in [3.8, 4) is 0 Å². The van der Waals surface area contributed by atoms with Crippen LogP contribution < -0.4 is 5.30 Å². The maximum absolute atomic E-state index is 12.3. The Balaban J connectivity index is 1.99. The summed E-state index contributed by atoms with van der Waals surface area (Å²) in [6.07, 6.45) is 0.784. The molecule has 1 atom stereocenters. The standard InChI is InChI=1S/C17H20O2P/c1-13-11-14(2)17(15(3)12-13)20(18)19-10-9-16-7-5-4-6-8-16/h4-8,11-12H,9-10H2,1-3H3/q+1. The van der Waals surface area contributed by atoms with Gasteiger partial charge in [0.15, 0.2) is 0 Å². The van der Waals surface area contributed by atoms with Crippen molar-refractivity contribution >= 4 is 13.3 Å². The first-order chi connectivity index (χ1) is 9.58. The number of rotatable bonds is 5. The van der Waals surface area contributed by atoms with E-state index in [0.29, 0.717) is 6.61 Å². The highest BCUT2D eigenvalue weighted by Crippen LogP contribution is 2.26. The van der Waals surface area contributed by atoms with Crippen LogP contribution in [0.3, 0.4) is 0 Å². The van der Waals surface area contributed by atoms with Gasteiger partial charge in [-0.3, -0.25) is 0 Å². The molecule has 0 amide bonds. The van der Waals surface area contributed by atoms with Gasteiger partial charge in [0.2, 0.25) is 5.30 Å². The van der Waals surface area contributed by atoms with E-state index in [0.717, 1.165) is 22.9 Å². The summed E-state index contributed by atoms with van der Waals surface area (Å²) in [6.45, 7) is 6.51. The molecule has 20 heavy (non-hydrogen) atoms. The number of benzene rings is 2. The van der Waals surface area contributed by atoms with Crippen LogP contribution in [0.15, 0.2) is 42.5 Å². The lowest BCUT2D eigenvalue weighted by Crippen LogP contribution is -2.09. The Labute approximate surface area is 121 Å². The van der Waals surface area contributed by atoms with Crippen LogP contribution in [0.4, 0.5) is 0 Å². The Hall–Kier alpha value is -1.50. The van der Waals surface area contributed by atoms with Crippen LogP contribution in [-0.2, 0) is 15.5 Å². The molecule has 0 fully saturated rings. The first-order valence-corrected chi connectivity index (χ1v) is 7.97. The molecule has 0 aliphatic heterocycles. The van der Waals surface area contributed by atoms with Crippen LogP contribution >= 0.6 is 8.03 Å². The van der Waals surface area contributed by atoms with Gasteiger partial charge in [0.1, 0.15) is 6.61 Å². The molecular formula is C17H20O2P+. The predicted molar refractivity (Wildman–Crippen MR) is 84.0 cm³/mol. The van der Waals surface area contributed by atoms with Crippen LogP contribution in [0.5, 0.6) is 0 Å². The predicted octanol–water partition coefficient (Wildman–Crippen LogP) is 4.24. The second-order valence-electron chi connectivity index (χ2n) is 5.07. The van der Waals surface area contributed by atoms with Crippen LogP contribution in [-0.4, -0.2) is 6.61 Å². The van der Waals surface area contributed by atoms with Gasteiger partial charge in [-0.05, 0) is 30.9 Å². The topological polar surface area (TPSA) is 26.3 Å². The third-order valence-electron chi connectivity index (χ3n) is 3.26. The molecule has 2 aromatic rings. The van der Waals surface area contributed by atoms with Gasteiger partial charge in [-0.1, -0.05) is 48.0 Å². The first kappa shape index (κ1) is 14.9. The molecule has 0 heterocycles. The molecule has 104 valence electrons. The van der Waals surface area contributed by atoms with Crippen molar-refractivity contribution in [3.63, 3.8) is 0 Å². The molecule has 0 aliphatic rings. The van der Waals surface area contributed by atoms with Crippen molar-refractivity contribution in [2.24, 2.45) is 0 Å². The minimum atomic E-state index is -1.78. The maximum Gasteiger partial charge on any atom is 0.549 e. The quantitative estimate of drug-likeness (QED) is 0.769. The molecule has 0 N–H and O–H groups in total. The molecule has 2 aromatic carbocycles. The summed E-state index contributed by atoms with van der Waals surface area (Å²) < 4.78 is 17.9. The van der Waals surface area contributed by atoms with E-state index in [9.17, 15) is 4.57 Å². The van der Waals surface area contributed by atoms with Gasteiger partial charge in [0, 0.05) is 17.5 Å². The molecule has 2 nitrogen and oxygen atoms in total. The van der Waals surface area contributed by atoms with Gasteiger partial charge in [0.25, 0.3) is 0 Å².